The molecule has 0 aliphatic rings. The van der Waals surface area contributed by atoms with Gasteiger partial charge in [0.15, 0.2) is 5.78 Å². The fourth-order valence-corrected chi connectivity index (χ4v) is 3.24. The zero-order chi connectivity index (χ0) is 17.7. The first-order valence-corrected chi connectivity index (χ1v) is 8.69. The highest BCUT2D eigenvalue weighted by molar-refractivity contribution is 7.92. The van der Waals surface area contributed by atoms with Crippen molar-refractivity contribution in [2.45, 2.75) is 24.7 Å². The maximum absolute atomic E-state index is 12.4. The lowest BCUT2D eigenvalue weighted by molar-refractivity contribution is -0.305. The zero-order valence-corrected chi connectivity index (χ0v) is 13.8. The summed E-state index contributed by atoms with van der Waals surface area (Å²) in [5.74, 6) is -1.40. The summed E-state index contributed by atoms with van der Waals surface area (Å²) < 4.78 is 27.3. The standard InChI is InChI=1S/C17H17NO5S/c1-12(19)15-4-2-3-5-16(15)18-24(22,23)14-9-6-13(7-10-14)8-11-17(20)21/h2-7,9-10,18H,8,11H2,1H3,(H,20,21)/p-1. The van der Waals surface area contributed by atoms with Gasteiger partial charge in [-0.2, -0.15) is 0 Å². The number of carboxylic acids is 1. The second kappa shape index (κ2) is 7.27. The minimum absolute atomic E-state index is 0.0260. The van der Waals surface area contributed by atoms with E-state index < -0.39 is 16.0 Å². The molecule has 0 saturated heterocycles. The molecule has 2 rings (SSSR count). The lowest BCUT2D eigenvalue weighted by Gasteiger charge is -2.11. The van der Waals surface area contributed by atoms with E-state index in [-0.39, 0.29) is 34.8 Å². The molecule has 0 aromatic heterocycles. The fraction of sp³-hybridized carbons (Fsp3) is 0.176. The van der Waals surface area contributed by atoms with E-state index in [1.54, 1.807) is 30.3 Å². The molecule has 2 aromatic rings. The average Bonchev–Trinajstić information content (AvgIpc) is 2.53. The Morgan fingerprint density at radius 2 is 1.67 bits per heavy atom. The van der Waals surface area contributed by atoms with Crippen molar-refractivity contribution in [1.82, 2.24) is 0 Å². The molecule has 24 heavy (non-hydrogen) atoms. The quantitative estimate of drug-likeness (QED) is 0.763. The number of carbonyl (C=O) groups is 2. The molecule has 0 spiro atoms. The van der Waals surface area contributed by atoms with E-state index in [9.17, 15) is 23.1 Å². The number of rotatable bonds is 7. The Hall–Kier alpha value is -2.67. The molecule has 1 N–H and O–H groups in total. The molecular weight excluding hydrogens is 330 g/mol. The molecule has 0 unspecified atom stereocenters. The van der Waals surface area contributed by atoms with Crippen molar-refractivity contribution < 1.29 is 23.1 Å². The normalized spacial score (nSPS) is 11.0. The van der Waals surface area contributed by atoms with Crippen LogP contribution in [0.5, 0.6) is 0 Å². The first-order valence-electron chi connectivity index (χ1n) is 7.21. The van der Waals surface area contributed by atoms with Gasteiger partial charge in [0.05, 0.1) is 10.6 Å². The molecule has 0 saturated carbocycles. The Balaban J connectivity index is 2.22. The Bertz CT molecular complexity index is 857. The van der Waals surface area contributed by atoms with Gasteiger partial charge in [0.25, 0.3) is 10.0 Å². The van der Waals surface area contributed by atoms with Gasteiger partial charge in [0.2, 0.25) is 0 Å². The third kappa shape index (κ3) is 4.42. The highest BCUT2D eigenvalue weighted by Crippen LogP contribution is 2.21. The minimum atomic E-state index is -3.85. The van der Waals surface area contributed by atoms with Crippen molar-refractivity contribution in [1.29, 1.82) is 0 Å². The van der Waals surface area contributed by atoms with Gasteiger partial charge in [-0.3, -0.25) is 9.52 Å². The highest BCUT2D eigenvalue weighted by atomic mass is 32.2. The van der Waals surface area contributed by atoms with Gasteiger partial charge in [-0.05, 0) is 49.6 Å². The van der Waals surface area contributed by atoms with Crippen LogP contribution in [0.4, 0.5) is 5.69 Å². The van der Waals surface area contributed by atoms with Crippen LogP contribution < -0.4 is 9.83 Å². The van der Waals surface area contributed by atoms with Crippen molar-refractivity contribution >= 4 is 27.5 Å². The van der Waals surface area contributed by atoms with Crippen LogP contribution in [0.25, 0.3) is 0 Å². The van der Waals surface area contributed by atoms with Crippen molar-refractivity contribution in [3.63, 3.8) is 0 Å². The van der Waals surface area contributed by atoms with Crippen LogP contribution in [0.2, 0.25) is 0 Å². The van der Waals surface area contributed by atoms with Gasteiger partial charge < -0.3 is 9.90 Å². The number of hydrogen-bond acceptors (Lipinski definition) is 5. The second-order valence-electron chi connectivity index (χ2n) is 5.22. The largest absolute Gasteiger partial charge is 0.550 e. The van der Waals surface area contributed by atoms with E-state index in [1.165, 1.54) is 25.1 Å². The molecule has 0 radical (unpaired) electrons. The van der Waals surface area contributed by atoms with E-state index >= 15 is 0 Å². The lowest BCUT2D eigenvalue weighted by atomic mass is 10.1. The molecule has 0 fully saturated rings. The predicted molar refractivity (Wildman–Crippen MR) is 87.0 cm³/mol. The lowest BCUT2D eigenvalue weighted by Crippen LogP contribution is -2.22. The third-order valence-electron chi connectivity index (χ3n) is 3.40. The molecule has 2 aromatic carbocycles. The van der Waals surface area contributed by atoms with E-state index in [4.69, 9.17) is 0 Å². The molecule has 0 aliphatic heterocycles. The number of para-hydroxylation sites is 1. The van der Waals surface area contributed by atoms with Crippen molar-refractivity contribution in [2.24, 2.45) is 0 Å². The summed E-state index contributed by atoms with van der Waals surface area (Å²) in [5.41, 5.74) is 1.19. The van der Waals surface area contributed by atoms with Crippen molar-refractivity contribution in [2.75, 3.05) is 4.72 Å². The maximum atomic E-state index is 12.4. The number of carboxylic acid groups (broad SMARTS) is 1. The molecule has 0 heterocycles. The minimum Gasteiger partial charge on any atom is -0.550 e. The van der Waals surface area contributed by atoms with Crippen LogP contribution in [0.15, 0.2) is 53.4 Å². The fourth-order valence-electron chi connectivity index (χ4n) is 2.16. The molecule has 0 bridgehead atoms. The topological polar surface area (TPSA) is 103 Å². The van der Waals surface area contributed by atoms with Gasteiger partial charge in [-0.25, -0.2) is 8.42 Å². The van der Waals surface area contributed by atoms with Crippen molar-refractivity contribution in [3.8, 4) is 0 Å². The summed E-state index contributed by atoms with van der Waals surface area (Å²) in [6.45, 7) is 1.36. The summed E-state index contributed by atoms with van der Waals surface area (Å²) in [5, 5.41) is 10.4. The van der Waals surface area contributed by atoms with Gasteiger partial charge in [0.1, 0.15) is 0 Å². The van der Waals surface area contributed by atoms with E-state index in [0.29, 0.717) is 5.56 Å². The van der Waals surface area contributed by atoms with Crippen LogP contribution in [-0.2, 0) is 21.2 Å². The monoisotopic (exact) mass is 346 g/mol. The Kier molecular flexibility index (Phi) is 5.35. The molecule has 126 valence electrons. The number of ketones is 1. The van der Waals surface area contributed by atoms with Crippen LogP contribution >= 0.6 is 0 Å². The van der Waals surface area contributed by atoms with E-state index in [2.05, 4.69) is 4.72 Å². The van der Waals surface area contributed by atoms with Crippen LogP contribution in [-0.4, -0.2) is 20.2 Å². The van der Waals surface area contributed by atoms with Gasteiger partial charge in [-0.1, -0.05) is 24.3 Å². The zero-order valence-electron chi connectivity index (χ0n) is 13.0. The van der Waals surface area contributed by atoms with Gasteiger partial charge in [0, 0.05) is 11.5 Å². The molecule has 0 atom stereocenters. The summed E-state index contributed by atoms with van der Waals surface area (Å²) in [7, 11) is -3.85. The number of hydrogen-bond donors (Lipinski definition) is 1. The number of Topliss-reactive ketones (excluding diaryl/α,β-unsaturated/α-hetero) is 1. The number of anilines is 1. The molecule has 6 nitrogen and oxygen atoms in total. The van der Waals surface area contributed by atoms with Crippen LogP contribution in [0.3, 0.4) is 0 Å². The number of benzene rings is 2. The van der Waals surface area contributed by atoms with Crippen molar-refractivity contribution in [3.05, 3.63) is 59.7 Å². The van der Waals surface area contributed by atoms with Gasteiger partial charge >= 0.3 is 0 Å². The predicted octanol–water partition coefficient (Wildman–Crippen LogP) is 1.37. The Morgan fingerprint density at radius 3 is 2.25 bits per heavy atom. The van der Waals surface area contributed by atoms with Gasteiger partial charge in [-0.15, -0.1) is 0 Å². The van der Waals surface area contributed by atoms with E-state index in [1.807, 2.05) is 0 Å². The Morgan fingerprint density at radius 1 is 1.04 bits per heavy atom. The smallest absolute Gasteiger partial charge is 0.261 e. The maximum Gasteiger partial charge on any atom is 0.261 e. The summed E-state index contributed by atoms with van der Waals surface area (Å²) in [6, 6.07) is 12.2. The summed E-state index contributed by atoms with van der Waals surface area (Å²) >= 11 is 0. The number of carbonyl (C=O) groups excluding carboxylic acids is 2. The highest BCUT2D eigenvalue weighted by Gasteiger charge is 2.17. The molecule has 7 heteroatoms. The van der Waals surface area contributed by atoms with Crippen LogP contribution in [0.1, 0.15) is 29.3 Å². The molecular formula is C17H16NO5S-. The first kappa shape index (κ1) is 17.7. The first-order chi connectivity index (χ1) is 11.3. The molecule has 0 aliphatic carbocycles. The van der Waals surface area contributed by atoms with Crippen LogP contribution in [0, 0.1) is 0 Å². The average molecular weight is 346 g/mol. The second-order valence-corrected chi connectivity index (χ2v) is 6.91. The number of sulfonamides is 1. The Labute approximate surface area is 140 Å². The third-order valence-corrected chi connectivity index (χ3v) is 4.78. The SMILES string of the molecule is CC(=O)c1ccccc1NS(=O)(=O)c1ccc(CCC(=O)[O-])cc1. The summed E-state index contributed by atoms with van der Waals surface area (Å²) in [4.78, 5) is 22.0. The molecule has 0 amide bonds. The van der Waals surface area contributed by atoms with E-state index in [0.717, 1.165) is 0 Å². The number of aryl methyl sites for hydroxylation is 1. The summed E-state index contributed by atoms with van der Waals surface area (Å²) in [6.07, 6.45) is 0.138. The number of aliphatic carboxylic acids is 1. The number of nitrogens with one attached hydrogen (secondary N) is 1.